The van der Waals surface area contributed by atoms with E-state index in [1.165, 1.54) is 0 Å². The number of benzene rings is 1. The van der Waals surface area contributed by atoms with Crippen LogP contribution in [0.1, 0.15) is 11.3 Å². The number of imidazole rings is 1. The van der Waals surface area contributed by atoms with Crippen molar-refractivity contribution in [2.45, 2.75) is 13.0 Å². The summed E-state index contributed by atoms with van der Waals surface area (Å²) >= 11 is 0. The summed E-state index contributed by atoms with van der Waals surface area (Å²) in [6.45, 7) is 0.971. The lowest BCUT2D eigenvalue weighted by molar-refractivity contribution is 0.240. The first-order valence-corrected chi connectivity index (χ1v) is 8.33. The van der Waals surface area contributed by atoms with Crippen molar-refractivity contribution in [2.24, 2.45) is 0 Å². The van der Waals surface area contributed by atoms with E-state index >= 15 is 0 Å². The van der Waals surface area contributed by atoms with Crippen molar-refractivity contribution in [2.75, 3.05) is 13.7 Å². The van der Waals surface area contributed by atoms with Crippen LogP contribution < -0.4 is 15.4 Å². The standard InChI is InChI=1S/C19H21N5O2/c1-26-17-7-5-15(6-8-17)13-22-19(25)21-10-9-16-3-2-4-18(23-16)24-12-11-20-14-24/h2-8,11-12,14H,9-10,13H2,1H3,(H2,21,22,25). The molecule has 134 valence electrons. The molecule has 0 saturated heterocycles. The zero-order chi connectivity index (χ0) is 18.2. The average molecular weight is 351 g/mol. The Hall–Kier alpha value is -3.35. The van der Waals surface area contributed by atoms with Crippen molar-refractivity contribution in [3.63, 3.8) is 0 Å². The first-order valence-electron chi connectivity index (χ1n) is 8.33. The van der Waals surface area contributed by atoms with Crippen molar-refractivity contribution >= 4 is 6.03 Å². The highest BCUT2D eigenvalue weighted by Gasteiger charge is 2.03. The molecule has 0 radical (unpaired) electrons. The van der Waals surface area contributed by atoms with Gasteiger partial charge < -0.3 is 15.4 Å². The Labute approximate surface area is 152 Å². The fraction of sp³-hybridized carbons (Fsp3) is 0.211. The Morgan fingerprint density at radius 3 is 2.73 bits per heavy atom. The molecule has 0 saturated carbocycles. The van der Waals surface area contributed by atoms with E-state index in [0.717, 1.165) is 22.8 Å². The minimum atomic E-state index is -0.202. The van der Waals surface area contributed by atoms with E-state index in [1.54, 1.807) is 19.6 Å². The zero-order valence-corrected chi connectivity index (χ0v) is 14.6. The molecule has 2 amide bonds. The number of ether oxygens (including phenoxy) is 1. The van der Waals surface area contributed by atoms with Crippen molar-refractivity contribution in [1.29, 1.82) is 0 Å². The molecule has 0 spiro atoms. The maximum Gasteiger partial charge on any atom is 0.315 e. The molecule has 2 N–H and O–H groups in total. The third-order valence-corrected chi connectivity index (χ3v) is 3.84. The SMILES string of the molecule is COc1ccc(CNC(=O)NCCc2cccc(-n3ccnc3)n2)cc1. The van der Waals surface area contributed by atoms with Gasteiger partial charge in [0.05, 0.1) is 7.11 Å². The van der Waals surface area contributed by atoms with Gasteiger partial charge in [0.15, 0.2) is 0 Å². The quantitative estimate of drug-likeness (QED) is 0.684. The lowest BCUT2D eigenvalue weighted by Crippen LogP contribution is -2.36. The van der Waals surface area contributed by atoms with Gasteiger partial charge in [0.2, 0.25) is 0 Å². The average Bonchev–Trinajstić information content (AvgIpc) is 3.22. The summed E-state index contributed by atoms with van der Waals surface area (Å²) < 4.78 is 6.96. The zero-order valence-electron chi connectivity index (χ0n) is 14.6. The van der Waals surface area contributed by atoms with E-state index in [0.29, 0.717) is 19.5 Å². The minimum absolute atomic E-state index is 0.202. The molecule has 0 fully saturated rings. The third-order valence-electron chi connectivity index (χ3n) is 3.84. The molecular weight excluding hydrogens is 330 g/mol. The van der Waals surface area contributed by atoms with Crippen LogP contribution >= 0.6 is 0 Å². The lowest BCUT2D eigenvalue weighted by Gasteiger charge is -2.09. The van der Waals surface area contributed by atoms with Gasteiger partial charge in [-0.3, -0.25) is 4.57 Å². The van der Waals surface area contributed by atoms with Crippen molar-refractivity contribution in [3.05, 3.63) is 72.4 Å². The lowest BCUT2D eigenvalue weighted by atomic mass is 10.2. The number of urea groups is 1. The van der Waals surface area contributed by atoms with Crippen molar-refractivity contribution in [3.8, 4) is 11.6 Å². The smallest absolute Gasteiger partial charge is 0.315 e. The Morgan fingerprint density at radius 2 is 2.00 bits per heavy atom. The number of nitrogens with zero attached hydrogens (tertiary/aromatic N) is 3. The summed E-state index contributed by atoms with van der Waals surface area (Å²) in [4.78, 5) is 20.5. The molecule has 0 aliphatic rings. The fourth-order valence-electron chi connectivity index (χ4n) is 2.44. The largest absolute Gasteiger partial charge is 0.497 e. The van der Waals surface area contributed by atoms with Gasteiger partial charge in [0.25, 0.3) is 0 Å². The molecule has 0 unspecified atom stereocenters. The molecule has 0 bridgehead atoms. The Balaban J connectivity index is 1.43. The first kappa shape index (κ1) is 17.5. The van der Waals surface area contributed by atoms with E-state index in [9.17, 15) is 4.79 Å². The van der Waals surface area contributed by atoms with E-state index in [2.05, 4.69) is 20.6 Å². The predicted molar refractivity (Wildman–Crippen MR) is 98.3 cm³/mol. The summed E-state index contributed by atoms with van der Waals surface area (Å²) in [5, 5.41) is 5.68. The maximum absolute atomic E-state index is 11.9. The van der Waals surface area contributed by atoms with Crippen LogP contribution in [-0.2, 0) is 13.0 Å². The summed E-state index contributed by atoms with van der Waals surface area (Å²) in [6, 6.07) is 13.2. The van der Waals surface area contributed by atoms with Crippen molar-refractivity contribution in [1.82, 2.24) is 25.2 Å². The van der Waals surface area contributed by atoms with Gasteiger partial charge >= 0.3 is 6.03 Å². The molecule has 0 aliphatic carbocycles. The summed E-state index contributed by atoms with van der Waals surface area (Å²) in [7, 11) is 1.63. The van der Waals surface area contributed by atoms with E-state index in [1.807, 2.05) is 53.2 Å². The molecule has 1 aromatic carbocycles. The number of rotatable bonds is 7. The number of methoxy groups -OCH3 is 1. The number of carbonyl (C=O) groups is 1. The van der Waals surface area contributed by atoms with Gasteiger partial charge in [-0.1, -0.05) is 18.2 Å². The molecule has 2 aromatic heterocycles. The van der Waals surface area contributed by atoms with Crippen LogP contribution in [-0.4, -0.2) is 34.2 Å². The van der Waals surface area contributed by atoms with Crippen LogP contribution in [0, 0.1) is 0 Å². The second-order valence-electron chi connectivity index (χ2n) is 5.66. The first-order chi connectivity index (χ1) is 12.7. The van der Waals surface area contributed by atoms with Gasteiger partial charge in [-0.2, -0.15) is 0 Å². The highest BCUT2D eigenvalue weighted by Crippen LogP contribution is 2.10. The predicted octanol–water partition coefficient (Wildman–Crippen LogP) is 2.32. The number of carbonyl (C=O) groups excluding carboxylic acids is 1. The molecule has 7 heteroatoms. The third kappa shape index (κ3) is 4.83. The van der Waals surface area contributed by atoms with Gasteiger partial charge in [-0.25, -0.2) is 14.8 Å². The minimum Gasteiger partial charge on any atom is -0.497 e. The normalized spacial score (nSPS) is 10.3. The monoisotopic (exact) mass is 351 g/mol. The van der Waals surface area contributed by atoms with Crippen LogP contribution in [0.3, 0.4) is 0 Å². The van der Waals surface area contributed by atoms with Crippen LogP contribution in [0.2, 0.25) is 0 Å². The topological polar surface area (TPSA) is 81.1 Å². The second kappa shape index (κ2) is 8.66. The molecule has 7 nitrogen and oxygen atoms in total. The Kier molecular flexibility index (Phi) is 5.82. The van der Waals surface area contributed by atoms with Gasteiger partial charge in [0, 0.05) is 37.6 Å². The molecule has 0 atom stereocenters. The van der Waals surface area contributed by atoms with Gasteiger partial charge in [0.1, 0.15) is 17.9 Å². The van der Waals surface area contributed by atoms with Crippen LogP contribution in [0.4, 0.5) is 4.79 Å². The second-order valence-corrected chi connectivity index (χ2v) is 5.66. The fourth-order valence-corrected chi connectivity index (χ4v) is 2.44. The highest BCUT2D eigenvalue weighted by molar-refractivity contribution is 5.73. The number of aromatic nitrogens is 3. The molecule has 0 aliphatic heterocycles. The van der Waals surface area contributed by atoms with E-state index < -0.39 is 0 Å². The number of amides is 2. The summed E-state index contributed by atoms with van der Waals surface area (Å²) in [5.74, 6) is 1.60. The summed E-state index contributed by atoms with van der Waals surface area (Å²) in [6.07, 6.45) is 5.91. The molecule has 2 heterocycles. The van der Waals surface area contributed by atoms with E-state index in [4.69, 9.17) is 4.74 Å². The van der Waals surface area contributed by atoms with Crippen LogP contribution in [0.25, 0.3) is 5.82 Å². The van der Waals surface area contributed by atoms with Crippen LogP contribution in [0.15, 0.2) is 61.2 Å². The number of hydrogen-bond acceptors (Lipinski definition) is 4. The number of pyridine rings is 1. The summed E-state index contributed by atoms with van der Waals surface area (Å²) in [5.41, 5.74) is 1.92. The molecular formula is C19H21N5O2. The highest BCUT2D eigenvalue weighted by atomic mass is 16.5. The number of nitrogens with one attached hydrogen (secondary N) is 2. The maximum atomic E-state index is 11.9. The van der Waals surface area contributed by atoms with Crippen molar-refractivity contribution < 1.29 is 9.53 Å². The van der Waals surface area contributed by atoms with Crippen LogP contribution in [0.5, 0.6) is 5.75 Å². The van der Waals surface area contributed by atoms with Gasteiger partial charge in [-0.15, -0.1) is 0 Å². The van der Waals surface area contributed by atoms with Gasteiger partial charge in [-0.05, 0) is 29.8 Å². The molecule has 26 heavy (non-hydrogen) atoms. The number of hydrogen-bond donors (Lipinski definition) is 2. The molecule has 3 aromatic rings. The van der Waals surface area contributed by atoms with E-state index in [-0.39, 0.29) is 6.03 Å². The Bertz CT molecular complexity index is 831. The molecule has 3 rings (SSSR count). The Morgan fingerprint density at radius 1 is 1.15 bits per heavy atom.